The van der Waals surface area contributed by atoms with E-state index in [-0.39, 0.29) is 5.91 Å². The van der Waals surface area contributed by atoms with Crippen molar-refractivity contribution >= 4 is 11.6 Å². The van der Waals surface area contributed by atoms with Crippen molar-refractivity contribution in [3.05, 3.63) is 29.8 Å². The summed E-state index contributed by atoms with van der Waals surface area (Å²) in [5.74, 6) is -0.0182. The zero-order valence-corrected chi connectivity index (χ0v) is 13.2. The molecule has 1 aromatic carbocycles. The lowest BCUT2D eigenvalue weighted by atomic mass is 10.0. The van der Waals surface area contributed by atoms with E-state index in [1.54, 1.807) is 6.92 Å². The third-order valence-corrected chi connectivity index (χ3v) is 4.04. The minimum absolute atomic E-state index is 0.0182. The van der Waals surface area contributed by atoms with Crippen molar-refractivity contribution in [1.29, 1.82) is 0 Å². The lowest BCUT2D eigenvalue weighted by molar-refractivity contribution is -0.114. The minimum Gasteiger partial charge on any atom is -0.326 e. The molecule has 2 rings (SSSR count). The summed E-state index contributed by atoms with van der Waals surface area (Å²) in [4.78, 5) is 13.8. The number of hydrogen-bond acceptors (Lipinski definition) is 3. The van der Waals surface area contributed by atoms with E-state index in [0.717, 1.165) is 17.8 Å². The van der Waals surface area contributed by atoms with Crippen LogP contribution in [-0.2, 0) is 11.3 Å². The molecule has 0 aliphatic carbocycles. The third-order valence-electron chi connectivity index (χ3n) is 4.04. The summed E-state index contributed by atoms with van der Waals surface area (Å²) in [5.41, 5.74) is 2.07. The Morgan fingerprint density at radius 1 is 1.29 bits per heavy atom. The predicted molar refractivity (Wildman–Crippen MR) is 87.3 cm³/mol. The van der Waals surface area contributed by atoms with E-state index >= 15 is 0 Å². The van der Waals surface area contributed by atoms with Gasteiger partial charge in [0.2, 0.25) is 5.91 Å². The number of carbonyl (C=O) groups excluding carboxylic acids is 1. The molecule has 0 bridgehead atoms. The summed E-state index contributed by atoms with van der Waals surface area (Å²) in [5, 5.41) is 6.53. The number of hydrogen-bond donors (Lipinski definition) is 2. The van der Waals surface area contributed by atoms with Crippen LogP contribution in [0.1, 0.15) is 38.7 Å². The molecule has 1 fully saturated rings. The number of nitrogens with zero attached hydrogens (tertiary/aromatic N) is 1. The van der Waals surface area contributed by atoms with Crippen LogP contribution in [0, 0.1) is 0 Å². The van der Waals surface area contributed by atoms with Crippen LogP contribution < -0.4 is 10.6 Å². The quantitative estimate of drug-likeness (QED) is 0.846. The van der Waals surface area contributed by atoms with Gasteiger partial charge in [0.1, 0.15) is 0 Å². The molecule has 0 aromatic heterocycles. The van der Waals surface area contributed by atoms with Gasteiger partial charge in [-0.15, -0.1) is 0 Å². The first-order valence-electron chi connectivity index (χ1n) is 8.00. The standard InChI is InChI=1S/C17H27N3O/c1-3-10-20-11-8-16(9-12-20)18-13-15-6-4-5-7-17(15)19-14(2)21/h4-7,16,18H,3,8-13H2,1-2H3,(H,19,21). The fraction of sp³-hybridized carbons (Fsp3) is 0.588. The Balaban J connectivity index is 1.82. The van der Waals surface area contributed by atoms with Crippen LogP contribution in [0.5, 0.6) is 0 Å². The molecule has 1 heterocycles. The average molecular weight is 289 g/mol. The lowest BCUT2D eigenvalue weighted by Gasteiger charge is -2.32. The molecule has 0 atom stereocenters. The SMILES string of the molecule is CCCN1CCC(NCc2ccccc2NC(C)=O)CC1. The Morgan fingerprint density at radius 3 is 2.67 bits per heavy atom. The Hall–Kier alpha value is -1.39. The Kier molecular flexibility index (Phi) is 6.21. The number of piperidine rings is 1. The van der Waals surface area contributed by atoms with Gasteiger partial charge in [-0.2, -0.15) is 0 Å². The molecule has 1 aliphatic heterocycles. The van der Waals surface area contributed by atoms with Crippen LogP contribution in [0.4, 0.5) is 5.69 Å². The monoisotopic (exact) mass is 289 g/mol. The summed E-state index contributed by atoms with van der Waals surface area (Å²) < 4.78 is 0. The molecule has 0 spiro atoms. The van der Waals surface area contributed by atoms with Crippen LogP contribution in [0.2, 0.25) is 0 Å². The highest BCUT2D eigenvalue weighted by molar-refractivity contribution is 5.89. The lowest BCUT2D eigenvalue weighted by Crippen LogP contribution is -2.42. The largest absolute Gasteiger partial charge is 0.326 e. The van der Waals surface area contributed by atoms with E-state index in [4.69, 9.17) is 0 Å². The Bertz CT molecular complexity index is 453. The number of benzene rings is 1. The van der Waals surface area contributed by atoms with E-state index in [9.17, 15) is 4.79 Å². The molecule has 1 amide bonds. The number of nitrogens with one attached hydrogen (secondary N) is 2. The smallest absolute Gasteiger partial charge is 0.221 e. The highest BCUT2D eigenvalue weighted by Crippen LogP contribution is 2.16. The number of carbonyl (C=O) groups is 1. The van der Waals surface area contributed by atoms with Crippen LogP contribution in [0.3, 0.4) is 0 Å². The molecule has 116 valence electrons. The first-order valence-corrected chi connectivity index (χ1v) is 8.00. The average Bonchev–Trinajstić information content (AvgIpc) is 2.48. The van der Waals surface area contributed by atoms with Gasteiger partial charge in [0.05, 0.1) is 0 Å². The maximum Gasteiger partial charge on any atom is 0.221 e. The Morgan fingerprint density at radius 2 is 2.00 bits per heavy atom. The summed E-state index contributed by atoms with van der Waals surface area (Å²) in [6.07, 6.45) is 3.66. The minimum atomic E-state index is -0.0182. The predicted octanol–water partition coefficient (Wildman–Crippen LogP) is 2.61. The van der Waals surface area contributed by atoms with Crippen molar-refractivity contribution < 1.29 is 4.79 Å². The van der Waals surface area contributed by atoms with Gasteiger partial charge in [-0.3, -0.25) is 4.79 Å². The van der Waals surface area contributed by atoms with Crippen molar-refractivity contribution in [1.82, 2.24) is 10.2 Å². The molecule has 4 nitrogen and oxygen atoms in total. The van der Waals surface area contributed by atoms with E-state index in [1.807, 2.05) is 18.2 Å². The fourth-order valence-corrected chi connectivity index (χ4v) is 2.92. The van der Waals surface area contributed by atoms with Crippen molar-refractivity contribution in [2.24, 2.45) is 0 Å². The van der Waals surface area contributed by atoms with E-state index < -0.39 is 0 Å². The summed E-state index contributed by atoms with van der Waals surface area (Å²) in [6.45, 7) is 8.21. The molecule has 1 aliphatic rings. The molecule has 2 N–H and O–H groups in total. The van der Waals surface area contributed by atoms with Gasteiger partial charge in [0.25, 0.3) is 0 Å². The Labute approximate surface area is 127 Å². The van der Waals surface area contributed by atoms with Gasteiger partial charge in [-0.05, 0) is 50.5 Å². The van der Waals surface area contributed by atoms with Gasteiger partial charge >= 0.3 is 0 Å². The third kappa shape index (κ3) is 5.14. The first kappa shape index (κ1) is 16.0. The normalized spacial score (nSPS) is 16.9. The van der Waals surface area contributed by atoms with Crippen LogP contribution in [0.25, 0.3) is 0 Å². The summed E-state index contributed by atoms with van der Waals surface area (Å²) in [7, 11) is 0. The van der Waals surface area contributed by atoms with E-state index in [2.05, 4.69) is 28.5 Å². The number of rotatable bonds is 6. The number of likely N-dealkylation sites (tertiary alicyclic amines) is 1. The van der Waals surface area contributed by atoms with Crippen LogP contribution in [0.15, 0.2) is 24.3 Å². The second kappa shape index (κ2) is 8.15. The molecule has 0 unspecified atom stereocenters. The zero-order valence-electron chi connectivity index (χ0n) is 13.2. The number of anilines is 1. The molecule has 0 saturated carbocycles. The zero-order chi connectivity index (χ0) is 15.1. The maximum atomic E-state index is 11.2. The highest BCUT2D eigenvalue weighted by Gasteiger charge is 2.18. The molecular weight excluding hydrogens is 262 g/mol. The van der Waals surface area contributed by atoms with Crippen molar-refractivity contribution in [3.8, 4) is 0 Å². The van der Waals surface area contributed by atoms with Crippen LogP contribution >= 0.6 is 0 Å². The molecular formula is C17H27N3O. The van der Waals surface area contributed by atoms with Gasteiger partial charge < -0.3 is 15.5 Å². The van der Waals surface area contributed by atoms with Crippen molar-refractivity contribution in [2.75, 3.05) is 25.0 Å². The number of amides is 1. The van der Waals surface area contributed by atoms with Crippen molar-refractivity contribution in [2.45, 2.75) is 45.7 Å². The first-order chi connectivity index (χ1) is 10.2. The van der Waals surface area contributed by atoms with E-state index in [0.29, 0.717) is 6.04 Å². The maximum absolute atomic E-state index is 11.2. The second-order valence-electron chi connectivity index (χ2n) is 5.84. The topological polar surface area (TPSA) is 44.4 Å². The van der Waals surface area contributed by atoms with E-state index in [1.165, 1.54) is 38.9 Å². The molecule has 4 heteroatoms. The van der Waals surface area contributed by atoms with Crippen LogP contribution in [-0.4, -0.2) is 36.5 Å². The fourth-order valence-electron chi connectivity index (χ4n) is 2.92. The van der Waals surface area contributed by atoms with Gasteiger partial charge in [-0.1, -0.05) is 25.1 Å². The molecule has 1 saturated heterocycles. The summed E-state index contributed by atoms with van der Waals surface area (Å²) >= 11 is 0. The highest BCUT2D eigenvalue weighted by atomic mass is 16.1. The molecule has 0 radical (unpaired) electrons. The second-order valence-corrected chi connectivity index (χ2v) is 5.84. The summed E-state index contributed by atoms with van der Waals surface area (Å²) in [6, 6.07) is 8.60. The van der Waals surface area contributed by atoms with Crippen molar-refractivity contribution in [3.63, 3.8) is 0 Å². The van der Waals surface area contributed by atoms with Gasteiger partial charge in [0.15, 0.2) is 0 Å². The van der Waals surface area contributed by atoms with Gasteiger partial charge in [-0.25, -0.2) is 0 Å². The molecule has 1 aromatic rings. The van der Waals surface area contributed by atoms with Gasteiger partial charge in [0, 0.05) is 25.2 Å². The number of para-hydroxylation sites is 1. The molecule has 21 heavy (non-hydrogen) atoms.